The van der Waals surface area contributed by atoms with Gasteiger partial charge in [-0.25, -0.2) is 35.3 Å². The van der Waals surface area contributed by atoms with Crippen molar-refractivity contribution in [2.24, 2.45) is 17.5 Å². The van der Waals surface area contributed by atoms with Crippen LogP contribution >= 0.6 is 7.82 Å². The minimum atomic E-state index is -4.99. The Morgan fingerprint density at radius 2 is 0.842 bits per heavy atom. The number of halogens is 3. The number of phosphoric acid groups is 1. The largest absolute Gasteiger partial charge is 0.543 e. The standard InChI is InChI=1S/C21H24F3N6O7P/c1-32-19-10-13(4-7-16(19)22)28(25)35-38(31,36-29(26)14-5-8-17(23)20(11-14)33-2)37-30(27)15-6-9-18(24)21(12-15)34-3/h4-12H,25-27H2,1-3H3. The van der Waals surface area contributed by atoms with Crippen LogP contribution in [0.4, 0.5) is 30.2 Å². The van der Waals surface area contributed by atoms with E-state index in [1.165, 1.54) is 21.3 Å². The fraction of sp³-hybridized carbons (Fsp3) is 0.143. The number of rotatable bonds is 12. The molecule has 0 spiro atoms. The maximum atomic E-state index is 13.8. The molecule has 0 bridgehead atoms. The molecule has 38 heavy (non-hydrogen) atoms. The molecule has 0 aromatic heterocycles. The molecule has 17 heteroatoms. The van der Waals surface area contributed by atoms with E-state index in [2.05, 4.69) is 0 Å². The van der Waals surface area contributed by atoms with E-state index in [0.717, 1.165) is 54.6 Å². The number of methoxy groups -OCH3 is 3. The highest BCUT2D eigenvalue weighted by atomic mass is 31.2. The quantitative estimate of drug-likeness (QED) is 0.168. The zero-order valence-corrected chi connectivity index (χ0v) is 21.1. The summed E-state index contributed by atoms with van der Waals surface area (Å²) in [4.78, 5) is 0. The first-order valence-corrected chi connectivity index (χ1v) is 11.8. The van der Waals surface area contributed by atoms with Gasteiger partial charge in [0.25, 0.3) is 0 Å². The molecule has 0 unspecified atom stereocenters. The van der Waals surface area contributed by atoms with Gasteiger partial charge in [-0.1, -0.05) is 0 Å². The molecular weight excluding hydrogens is 536 g/mol. The highest BCUT2D eigenvalue weighted by Gasteiger charge is 2.37. The molecule has 206 valence electrons. The summed E-state index contributed by atoms with van der Waals surface area (Å²) >= 11 is 0. The predicted octanol–water partition coefficient (Wildman–Crippen LogP) is 3.47. The lowest BCUT2D eigenvalue weighted by Gasteiger charge is -2.29. The highest BCUT2D eigenvalue weighted by Crippen LogP contribution is 2.52. The molecule has 0 aliphatic carbocycles. The molecule has 0 fully saturated rings. The van der Waals surface area contributed by atoms with E-state index in [-0.39, 0.29) is 34.3 Å². The number of hydrogen-bond donors (Lipinski definition) is 3. The number of ether oxygens (including phenoxy) is 3. The average molecular weight is 560 g/mol. The Labute approximate surface area is 214 Å². The molecule has 13 nitrogen and oxygen atoms in total. The molecule has 0 saturated heterocycles. The van der Waals surface area contributed by atoms with E-state index in [0.29, 0.717) is 15.5 Å². The first kappa shape index (κ1) is 28.8. The number of nitrogens with two attached hydrogens (primary N) is 3. The Bertz CT molecular complexity index is 1170. The van der Waals surface area contributed by atoms with Gasteiger partial charge in [0.2, 0.25) is 0 Å². The number of anilines is 3. The van der Waals surface area contributed by atoms with Gasteiger partial charge >= 0.3 is 7.82 Å². The van der Waals surface area contributed by atoms with Crippen LogP contribution in [0.1, 0.15) is 0 Å². The summed E-state index contributed by atoms with van der Waals surface area (Å²) in [5.74, 6) is 14.8. The van der Waals surface area contributed by atoms with Gasteiger partial charge in [-0.2, -0.15) is 15.5 Å². The number of hydrazine groups is 3. The van der Waals surface area contributed by atoms with Crippen molar-refractivity contribution in [1.29, 1.82) is 0 Å². The molecular formula is C21H24F3N6O7P. The summed E-state index contributed by atoms with van der Waals surface area (Å²) in [6.45, 7) is 0. The zero-order chi connectivity index (χ0) is 28.0. The second-order valence-electron chi connectivity index (χ2n) is 7.13. The first-order valence-electron chi connectivity index (χ1n) is 10.3. The maximum Gasteiger partial charge on any atom is 0.543 e. The second kappa shape index (κ2) is 12.2. The van der Waals surface area contributed by atoms with Gasteiger partial charge in [-0.05, 0) is 36.4 Å². The lowest BCUT2D eigenvalue weighted by molar-refractivity contribution is 0.0859. The number of hydrogen-bond acceptors (Lipinski definition) is 13. The molecule has 0 saturated carbocycles. The van der Waals surface area contributed by atoms with E-state index >= 15 is 0 Å². The predicted molar refractivity (Wildman–Crippen MR) is 130 cm³/mol. The summed E-state index contributed by atoms with van der Waals surface area (Å²) in [5, 5.41) is 1.25. The lowest BCUT2D eigenvalue weighted by atomic mass is 10.3. The van der Waals surface area contributed by atoms with Crippen molar-refractivity contribution in [1.82, 2.24) is 0 Å². The van der Waals surface area contributed by atoms with Crippen molar-refractivity contribution in [2.45, 2.75) is 0 Å². The summed E-state index contributed by atoms with van der Waals surface area (Å²) in [5.41, 5.74) is -0.181. The van der Waals surface area contributed by atoms with Crippen molar-refractivity contribution in [3.8, 4) is 17.2 Å². The van der Waals surface area contributed by atoms with E-state index in [9.17, 15) is 17.7 Å². The third-order valence-corrected chi connectivity index (χ3v) is 5.86. The molecule has 0 aliphatic heterocycles. The summed E-state index contributed by atoms with van der Waals surface area (Å²) in [7, 11) is -1.34. The molecule has 0 amide bonds. The van der Waals surface area contributed by atoms with E-state index < -0.39 is 25.3 Å². The summed E-state index contributed by atoms with van der Waals surface area (Å²) < 4.78 is 85.4. The van der Waals surface area contributed by atoms with Gasteiger partial charge in [0.15, 0.2) is 34.7 Å². The fourth-order valence-corrected chi connectivity index (χ4v) is 3.88. The Morgan fingerprint density at radius 3 is 1.08 bits per heavy atom. The van der Waals surface area contributed by atoms with Crippen LogP contribution in [0.2, 0.25) is 0 Å². The molecule has 6 N–H and O–H groups in total. The first-order chi connectivity index (χ1) is 18.0. The Kier molecular flexibility index (Phi) is 9.24. The third-order valence-electron chi connectivity index (χ3n) is 4.73. The van der Waals surface area contributed by atoms with Crippen molar-refractivity contribution in [3.05, 3.63) is 72.0 Å². The SMILES string of the molecule is COc1cc(N(N)OP(=O)(ON(N)c2ccc(F)c(OC)c2)ON(N)c2ccc(F)c(OC)c2)ccc1F. The van der Waals surface area contributed by atoms with E-state index in [4.69, 9.17) is 45.6 Å². The van der Waals surface area contributed by atoms with Crippen molar-refractivity contribution >= 4 is 24.9 Å². The van der Waals surface area contributed by atoms with E-state index in [1.54, 1.807) is 0 Å². The number of benzene rings is 3. The van der Waals surface area contributed by atoms with Crippen molar-refractivity contribution < 1.29 is 45.8 Å². The van der Waals surface area contributed by atoms with Crippen molar-refractivity contribution in [3.63, 3.8) is 0 Å². The Hall–Kier alpha value is -3.76. The van der Waals surface area contributed by atoms with Gasteiger partial charge in [-0.3, -0.25) is 0 Å². The monoisotopic (exact) mass is 560 g/mol. The van der Waals surface area contributed by atoms with Gasteiger partial charge in [0.05, 0.1) is 38.4 Å². The average Bonchev–Trinajstić information content (AvgIpc) is 2.88. The minimum Gasteiger partial charge on any atom is -0.494 e. The number of nitrogens with zero attached hydrogens (tertiary/aromatic N) is 3. The van der Waals surface area contributed by atoms with Crippen LogP contribution in [0.25, 0.3) is 0 Å². The van der Waals surface area contributed by atoms with Crippen LogP contribution in [-0.2, 0) is 18.4 Å². The molecule has 0 aliphatic rings. The summed E-state index contributed by atoms with van der Waals surface area (Å²) in [6, 6.07) is 9.87. The van der Waals surface area contributed by atoms with Crippen LogP contribution in [0.15, 0.2) is 54.6 Å². The Morgan fingerprint density at radius 1 is 0.579 bits per heavy atom. The zero-order valence-electron chi connectivity index (χ0n) is 20.2. The normalized spacial score (nSPS) is 11.2. The molecule has 0 heterocycles. The highest BCUT2D eigenvalue weighted by molar-refractivity contribution is 7.48. The summed E-state index contributed by atoms with van der Waals surface area (Å²) in [6.07, 6.45) is 0. The molecule has 0 radical (unpaired) electrons. The molecule has 0 atom stereocenters. The van der Waals surface area contributed by atoms with Crippen LogP contribution in [0, 0.1) is 17.5 Å². The van der Waals surface area contributed by atoms with Gasteiger partial charge in [-0.15, -0.1) is 13.9 Å². The van der Waals surface area contributed by atoms with E-state index in [1.807, 2.05) is 0 Å². The Balaban J connectivity index is 1.93. The molecule has 3 rings (SSSR count). The van der Waals surface area contributed by atoms with Crippen LogP contribution in [0.5, 0.6) is 17.2 Å². The second-order valence-corrected chi connectivity index (χ2v) is 8.51. The topological polar surface area (TPSA) is 160 Å². The minimum absolute atomic E-state index is 0.0604. The van der Waals surface area contributed by atoms with Crippen LogP contribution < -0.4 is 47.3 Å². The van der Waals surface area contributed by atoms with Gasteiger partial charge in [0.1, 0.15) is 0 Å². The molecule has 3 aromatic rings. The fourth-order valence-electron chi connectivity index (χ4n) is 2.87. The third kappa shape index (κ3) is 6.76. The van der Waals surface area contributed by atoms with Gasteiger partial charge < -0.3 is 14.2 Å². The maximum absolute atomic E-state index is 13.8. The smallest absolute Gasteiger partial charge is 0.494 e. The van der Waals surface area contributed by atoms with Gasteiger partial charge in [0, 0.05) is 18.2 Å². The van der Waals surface area contributed by atoms with Crippen molar-refractivity contribution in [2.75, 3.05) is 36.8 Å². The van der Waals surface area contributed by atoms with Crippen LogP contribution in [0.3, 0.4) is 0 Å². The molecule has 3 aromatic carbocycles. The lowest BCUT2D eigenvalue weighted by Crippen LogP contribution is -2.38. The van der Waals surface area contributed by atoms with Crippen LogP contribution in [-0.4, -0.2) is 21.3 Å².